The highest BCUT2D eigenvalue weighted by Crippen LogP contribution is 2.15. The lowest BCUT2D eigenvalue weighted by Crippen LogP contribution is -2.31. The van der Waals surface area contributed by atoms with Gasteiger partial charge in [-0.15, -0.1) is 0 Å². The zero-order valence-electron chi connectivity index (χ0n) is 12.2. The Balaban J connectivity index is 2.62. The van der Waals surface area contributed by atoms with Gasteiger partial charge in [0, 0.05) is 19.5 Å². The highest BCUT2D eigenvalue weighted by molar-refractivity contribution is 5.66. The zero-order chi connectivity index (χ0) is 15.0. The molecule has 0 bridgehead atoms. The van der Waals surface area contributed by atoms with Gasteiger partial charge in [-0.05, 0) is 24.6 Å². The second kappa shape index (κ2) is 8.19. The summed E-state index contributed by atoms with van der Waals surface area (Å²) in [5.74, 6) is -0.594. The summed E-state index contributed by atoms with van der Waals surface area (Å²) in [7, 11) is 0. The van der Waals surface area contributed by atoms with E-state index >= 15 is 0 Å². The maximum atomic E-state index is 10.8. The molecule has 0 saturated carbocycles. The van der Waals surface area contributed by atoms with Gasteiger partial charge in [-0.25, -0.2) is 0 Å². The molecule has 20 heavy (non-hydrogen) atoms. The number of carbonyl (C=O) groups is 2. The number of benzene rings is 1. The number of aryl methyl sites for hydroxylation is 1. The number of rotatable bonds is 7. The average Bonchev–Trinajstić information content (AvgIpc) is 2.36. The van der Waals surface area contributed by atoms with Crippen molar-refractivity contribution in [3.63, 3.8) is 0 Å². The monoisotopic (exact) mass is 279 g/mol. The minimum absolute atomic E-state index is 0.297. The van der Waals surface area contributed by atoms with Gasteiger partial charge in [-0.3, -0.25) is 9.59 Å². The van der Waals surface area contributed by atoms with Crippen LogP contribution in [0.4, 0.5) is 5.69 Å². The van der Waals surface area contributed by atoms with Crippen molar-refractivity contribution in [3.05, 3.63) is 29.8 Å². The molecule has 1 aromatic rings. The third-order valence-electron chi connectivity index (χ3n) is 2.70. The lowest BCUT2D eigenvalue weighted by atomic mass is 10.2. The van der Waals surface area contributed by atoms with Crippen molar-refractivity contribution in [2.75, 3.05) is 31.2 Å². The van der Waals surface area contributed by atoms with Gasteiger partial charge in [-0.1, -0.05) is 12.1 Å². The number of hydrogen-bond acceptors (Lipinski definition) is 5. The van der Waals surface area contributed by atoms with Crippen LogP contribution in [0.15, 0.2) is 24.3 Å². The number of anilines is 1. The Hall–Kier alpha value is -2.04. The summed E-state index contributed by atoms with van der Waals surface area (Å²) in [5, 5.41) is 0. The maximum absolute atomic E-state index is 10.8. The first-order chi connectivity index (χ1) is 9.49. The number of hydrogen-bond donors (Lipinski definition) is 0. The van der Waals surface area contributed by atoms with Crippen LogP contribution < -0.4 is 4.90 Å². The smallest absolute Gasteiger partial charge is 0.302 e. The van der Waals surface area contributed by atoms with Crippen molar-refractivity contribution in [2.24, 2.45) is 0 Å². The third kappa shape index (κ3) is 6.22. The fraction of sp³-hybridized carbons (Fsp3) is 0.467. The van der Waals surface area contributed by atoms with Crippen molar-refractivity contribution < 1.29 is 19.1 Å². The maximum Gasteiger partial charge on any atom is 0.302 e. The predicted octanol–water partition coefficient (Wildman–Crippen LogP) is 1.93. The van der Waals surface area contributed by atoms with E-state index in [1.54, 1.807) is 0 Å². The minimum atomic E-state index is -0.297. The molecule has 0 saturated heterocycles. The summed E-state index contributed by atoms with van der Waals surface area (Å²) in [6, 6.07) is 8.01. The van der Waals surface area contributed by atoms with E-state index in [1.807, 2.05) is 36.1 Å². The lowest BCUT2D eigenvalue weighted by molar-refractivity contribution is -0.141. The number of esters is 2. The number of ether oxygens (including phenoxy) is 2. The van der Waals surface area contributed by atoms with Crippen LogP contribution in [0.5, 0.6) is 0 Å². The molecule has 0 aliphatic rings. The topological polar surface area (TPSA) is 55.8 Å². The van der Waals surface area contributed by atoms with Crippen LogP contribution in [0.25, 0.3) is 0 Å². The molecular formula is C15H21NO4. The van der Waals surface area contributed by atoms with Gasteiger partial charge in [0.25, 0.3) is 0 Å². The zero-order valence-corrected chi connectivity index (χ0v) is 12.2. The molecule has 0 aliphatic carbocycles. The Bertz CT molecular complexity index is 439. The first-order valence-corrected chi connectivity index (χ1v) is 6.57. The highest BCUT2D eigenvalue weighted by atomic mass is 16.5. The summed E-state index contributed by atoms with van der Waals surface area (Å²) in [4.78, 5) is 23.6. The summed E-state index contributed by atoms with van der Waals surface area (Å²) < 4.78 is 9.93. The summed E-state index contributed by atoms with van der Waals surface area (Å²) in [5.41, 5.74) is 2.16. The summed E-state index contributed by atoms with van der Waals surface area (Å²) >= 11 is 0. The van der Waals surface area contributed by atoms with Crippen molar-refractivity contribution in [2.45, 2.75) is 20.8 Å². The van der Waals surface area contributed by atoms with E-state index < -0.39 is 0 Å². The van der Waals surface area contributed by atoms with Gasteiger partial charge in [0.05, 0.1) is 13.1 Å². The molecule has 0 fully saturated rings. The van der Waals surface area contributed by atoms with Crippen LogP contribution in [0.1, 0.15) is 19.4 Å². The Morgan fingerprint density at radius 1 is 1.05 bits per heavy atom. The van der Waals surface area contributed by atoms with Crippen molar-refractivity contribution in [1.82, 2.24) is 0 Å². The van der Waals surface area contributed by atoms with Crippen LogP contribution in [-0.4, -0.2) is 38.2 Å². The van der Waals surface area contributed by atoms with E-state index in [1.165, 1.54) is 13.8 Å². The molecule has 1 aromatic carbocycles. The minimum Gasteiger partial charge on any atom is -0.464 e. The molecule has 0 amide bonds. The molecule has 110 valence electrons. The Morgan fingerprint density at radius 3 is 2.05 bits per heavy atom. The van der Waals surface area contributed by atoms with E-state index in [0.717, 1.165) is 11.3 Å². The second-order valence-corrected chi connectivity index (χ2v) is 4.51. The van der Waals surface area contributed by atoms with Gasteiger partial charge in [0.2, 0.25) is 0 Å². The first-order valence-electron chi connectivity index (χ1n) is 6.57. The van der Waals surface area contributed by atoms with Crippen LogP contribution in [0.3, 0.4) is 0 Å². The van der Waals surface area contributed by atoms with Crippen molar-refractivity contribution in [1.29, 1.82) is 0 Å². The molecular weight excluding hydrogens is 258 g/mol. The molecule has 0 spiro atoms. The number of carbonyl (C=O) groups excluding carboxylic acids is 2. The van der Waals surface area contributed by atoms with Crippen molar-refractivity contribution >= 4 is 17.6 Å². The van der Waals surface area contributed by atoms with Gasteiger partial charge < -0.3 is 14.4 Å². The highest BCUT2D eigenvalue weighted by Gasteiger charge is 2.08. The molecule has 0 aliphatic heterocycles. The van der Waals surface area contributed by atoms with Gasteiger partial charge in [-0.2, -0.15) is 0 Å². The van der Waals surface area contributed by atoms with E-state index in [2.05, 4.69) is 0 Å². The molecule has 0 radical (unpaired) electrons. The van der Waals surface area contributed by atoms with Gasteiger partial charge in [0.1, 0.15) is 13.2 Å². The first kappa shape index (κ1) is 16.0. The molecule has 1 rings (SSSR count). The summed E-state index contributed by atoms with van der Waals surface area (Å²) in [6.07, 6.45) is 0. The second-order valence-electron chi connectivity index (χ2n) is 4.51. The van der Waals surface area contributed by atoms with E-state index in [-0.39, 0.29) is 11.9 Å². The Kier molecular flexibility index (Phi) is 6.56. The van der Waals surface area contributed by atoms with Crippen molar-refractivity contribution in [3.8, 4) is 0 Å². The molecule has 0 unspecified atom stereocenters. The normalized spacial score (nSPS) is 9.95. The number of nitrogens with zero attached hydrogens (tertiary/aromatic N) is 1. The molecule has 0 atom stereocenters. The fourth-order valence-electron chi connectivity index (χ4n) is 1.79. The Morgan fingerprint density at radius 2 is 1.60 bits per heavy atom. The molecule has 5 heteroatoms. The predicted molar refractivity (Wildman–Crippen MR) is 76.7 cm³/mol. The molecule has 5 nitrogen and oxygen atoms in total. The Labute approximate surface area is 119 Å². The van der Waals surface area contributed by atoms with E-state index in [4.69, 9.17) is 9.47 Å². The van der Waals surface area contributed by atoms with Gasteiger partial charge in [0.15, 0.2) is 0 Å². The summed E-state index contributed by atoms with van der Waals surface area (Å²) in [6.45, 7) is 6.52. The lowest BCUT2D eigenvalue weighted by Gasteiger charge is -2.24. The molecule has 0 aromatic heterocycles. The molecule has 0 heterocycles. The van der Waals surface area contributed by atoms with Crippen LogP contribution >= 0.6 is 0 Å². The fourth-order valence-corrected chi connectivity index (χ4v) is 1.79. The van der Waals surface area contributed by atoms with Crippen LogP contribution in [0.2, 0.25) is 0 Å². The van der Waals surface area contributed by atoms with Crippen LogP contribution in [-0.2, 0) is 19.1 Å². The standard InChI is InChI=1S/C15H21NO4/c1-12-5-4-6-15(11-12)16(7-9-19-13(2)17)8-10-20-14(3)18/h4-6,11H,7-10H2,1-3H3. The van der Waals surface area contributed by atoms with Crippen LogP contribution in [0, 0.1) is 6.92 Å². The molecule has 0 N–H and O–H groups in total. The SMILES string of the molecule is CC(=O)OCCN(CCOC(C)=O)c1cccc(C)c1. The largest absolute Gasteiger partial charge is 0.464 e. The van der Waals surface area contributed by atoms with Gasteiger partial charge >= 0.3 is 11.9 Å². The quantitative estimate of drug-likeness (QED) is 0.714. The van der Waals surface area contributed by atoms with E-state index in [9.17, 15) is 9.59 Å². The third-order valence-corrected chi connectivity index (χ3v) is 2.70. The average molecular weight is 279 g/mol. The van der Waals surface area contributed by atoms with E-state index in [0.29, 0.717) is 26.3 Å².